The van der Waals surface area contributed by atoms with Gasteiger partial charge in [0.05, 0.1) is 16.2 Å². The van der Waals surface area contributed by atoms with Gasteiger partial charge < -0.3 is 0 Å². The van der Waals surface area contributed by atoms with E-state index in [1.807, 2.05) is 26.0 Å². The molecule has 134 valence electrons. The van der Waals surface area contributed by atoms with Crippen LogP contribution in [-0.4, -0.2) is 10.2 Å². The number of carbonyl (C=O) groups excluding carboxylic acids is 1. The number of benzene rings is 2. The van der Waals surface area contributed by atoms with E-state index in [-0.39, 0.29) is 5.91 Å². The first-order valence-electron chi connectivity index (χ1n) is 7.69. The molecule has 2 aromatic rings. The average Bonchev–Trinajstić information content (AvgIpc) is 2.84. The normalized spacial score (nSPS) is 16.7. The van der Waals surface area contributed by atoms with Gasteiger partial charge in [-0.25, -0.2) is 0 Å². The molecule has 1 saturated heterocycles. The molecule has 26 heavy (non-hydrogen) atoms. The van der Waals surface area contributed by atoms with Crippen molar-refractivity contribution in [3.63, 3.8) is 0 Å². The van der Waals surface area contributed by atoms with E-state index in [4.69, 9.17) is 12.2 Å². The monoisotopic (exact) mass is 393 g/mol. The Hall–Kier alpha value is -2.12. The first-order valence-corrected chi connectivity index (χ1v) is 8.92. The van der Waals surface area contributed by atoms with Gasteiger partial charge in [-0.15, -0.1) is 0 Å². The number of thioether (sulfide) groups is 1. The van der Waals surface area contributed by atoms with Crippen LogP contribution in [0.2, 0.25) is 0 Å². The summed E-state index contributed by atoms with van der Waals surface area (Å²) in [6, 6.07) is 10.4. The highest BCUT2D eigenvalue weighted by atomic mass is 32.2. The maximum absolute atomic E-state index is 12.9. The van der Waals surface area contributed by atoms with Gasteiger partial charge in [0.25, 0.3) is 5.91 Å². The molecule has 0 bridgehead atoms. The third-order valence-corrected chi connectivity index (χ3v) is 5.36. The Morgan fingerprint density at radius 2 is 1.81 bits per heavy atom. The highest BCUT2D eigenvalue weighted by molar-refractivity contribution is 8.27. The molecule has 1 aliphatic heterocycles. The zero-order chi connectivity index (χ0) is 19.1. The van der Waals surface area contributed by atoms with Gasteiger partial charge >= 0.3 is 6.18 Å². The molecule has 0 aliphatic carbocycles. The van der Waals surface area contributed by atoms with Crippen LogP contribution in [0.1, 0.15) is 22.3 Å². The van der Waals surface area contributed by atoms with Crippen LogP contribution in [0.3, 0.4) is 0 Å². The molecule has 1 aliphatic rings. The number of hydrogen-bond donors (Lipinski definition) is 0. The number of alkyl halides is 3. The quantitative estimate of drug-likeness (QED) is 0.480. The highest BCUT2D eigenvalue weighted by Gasteiger charge is 2.34. The van der Waals surface area contributed by atoms with Crippen molar-refractivity contribution in [2.24, 2.45) is 0 Å². The Morgan fingerprint density at radius 1 is 1.08 bits per heavy atom. The fourth-order valence-corrected chi connectivity index (χ4v) is 3.81. The zero-order valence-corrected chi connectivity index (χ0v) is 15.6. The number of amides is 1. The summed E-state index contributed by atoms with van der Waals surface area (Å²) in [6.45, 7) is 3.91. The summed E-state index contributed by atoms with van der Waals surface area (Å²) < 4.78 is 38.9. The lowest BCUT2D eigenvalue weighted by molar-refractivity contribution is -0.137. The molecule has 0 atom stereocenters. The van der Waals surface area contributed by atoms with Crippen LogP contribution in [-0.2, 0) is 11.0 Å². The molecule has 1 fully saturated rings. The minimum Gasteiger partial charge on any atom is -0.268 e. The second-order valence-corrected chi connectivity index (χ2v) is 7.58. The van der Waals surface area contributed by atoms with Crippen molar-refractivity contribution in [2.45, 2.75) is 20.0 Å². The van der Waals surface area contributed by atoms with Crippen molar-refractivity contribution in [2.75, 3.05) is 4.90 Å². The minimum atomic E-state index is -4.43. The molecule has 7 heteroatoms. The summed E-state index contributed by atoms with van der Waals surface area (Å²) in [4.78, 5) is 14.4. The Morgan fingerprint density at radius 3 is 2.46 bits per heavy atom. The lowest BCUT2D eigenvalue weighted by Crippen LogP contribution is -2.27. The van der Waals surface area contributed by atoms with Crippen molar-refractivity contribution in [3.05, 3.63) is 69.6 Å². The van der Waals surface area contributed by atoms with Gasteiger partial charge in [0.15, 0.2) is 4.32 Å². The third kappa shape index (κ3) is 3.68. The van der Waals surface area contributed by atoms with Gasteiger partial charge in [0, 0.05) is 0 Å². The van der Waals surface area contributed by atoms with Gasteiger partial charge in [0.1, 0.15) is 0 Å². The van der Waals surface area contributed by atoms with E-state index in [1.165, 1.54) is 23.1 Å². The fraction of sp³-hybridized carbons (Fsp3) is 0.158. The van der Waals surface area contributed by atoms with Crippen LogP contribution in [0.5, 0.6) is 0 Å². The van der Waals surface area contributed by atoms with Crippen LogP contribution in [0, 0.1) is 13.8 Å². The smallest absolute Gasteiger partial charge is 0.268 e. The van der Waals surface area contributed by atoms with Gasteiger partial charge in [-0.1, -0.05) is 42.2 Å². The second-order valence-electron chi connectivity index (χ2n) is 5.91. The predicted molar refractivity (Wildman–Crippen MR) is 103 cm³/mol. The molecule has 0 N–H and O–H groups in total. The van der Waals surface area contributed by atoms with Crippen molar-refractivity contribution in [1.82, 2.24) is 0 Å². The predicted octanol–water partition coefficient (Wildman–Crippen LogP) is 5.73. The number of carbonyl (C=O) groups is 1. The summed E-state index contributed by atoms with van der Waals surface area (Å²) in [6.07, 6.45) is -2.99. The van der Waals surface area contributed by atoms with E-state index in [0.29, 0.717) is 20.5 Å². The van der Waals surface area contributed by atoms with Crippen molar-refractivity contribution >= 4 is 46.0 Å². The summed E-state index contributed by atoms with van der Waals surface area (Å²) in [7, 11) is 0. The zero-order valence-electron chi connectivity index (χ0n) is 13.9. The largest absolute Gasteiger partial charge is 0.416 e. The van der Waals surface area contributed by atoms with E-state index in [0.717, 1.165) is 35.0 Å². The summed E-state index contributed by atoms with van der Waals surface area (Å²) in [5.74, 6) is -0.333. The molecule has 3 rings (SSSR count). The van der Waals surface area contributed by atoms with Crippen molar-refractivity contribution < 1.29 is 18.0 Å². The second kappa shape index (κ2) is 6.89. The van der Waals surface area contributed by atoms with Gasteiger partial charge in [-0.05, 0) is 60.9 Å². The van der Waals surface area contributed by atoms with Crippen molar-refractivity contribution in [1.29, 1.82) is 0 Å². The molecule has 2 aromatic carbocycles. The first kappa shape index (κ1) is 18.7. The number of anilines is 1. The summed E-state index contributed by atoms with van der Waals surface area (Å²) >= 11 is 6.38. The van der Waals surface area contributed by atoms with E-state index in [9.17, 15) is 18.0 Å². The molecule has 0 saturated carbocycles. The molecule has 1 amide bonds. The standard InChI is InChI=1S/C19H14F3NOS2/c1-11-6-7-15(8-12(11)2)23-17(24)16(26-18(23)25)10-13-4-3-5-14(9-13)19(20,21)22/h3-10H,1-2H3/b16-10+. The van der Waals surface area contributed by atoms with Crippen LogP contribution in [0.25, 0.3) is 6.08 Å². The van der Waals surface area contributed by atoms with E-state index in [2.05, 4.69) is 0 Å². The number of aryl methyl sites for hydroxylation is 2. The van der Waals surface area contributed by atoms with Crippen LogP contribution >= 0.6 is 24.0 Å². The summed E-state index contributed by atoms with van der Waals surface area (Å²) in [5, 5.41) is 0. The lowest BCUT2D eigenvalue weighted by Gasteiger charge is -2.15. The maximum atomic E-state index is 12.9. The molecule has 0 spiro atoms. The van der Waals surface area contributed by atoms with E-state index in [1.54, 1.807) is 6.07 Å². The number of rotatable bonds is 2. The average molecular weight is 393 g/mol. The third-order valence-electron chi connectivity index (χ3n) is 4.05. The number of hydrogen-bond acceptors (Lipinski definition) is 3. The lowest BCUT2D eigenvalue weighted by atomic mass is 10.1. The van der Waals surface area contributed by atoms with E-state index >= 15 is 0 Å². The van der Waals surface area contributed by atoms with Crippen LogP contribution in [0.15, 0.2) is 47.4 Å². The fourth-order valence-electron chi connectivity index (χ4n) is 2.51. The Balaban J connectivity index is 1.94. The first-order chi connectivity index (χ1) is 12.2. The number of thiocarbonyl (C=S) groups is 1. The number of halogens is 3. The number of nitrogens with zero attached hydrogens (tertiary/aromatic N) is 1. The SMILES string of the molecule is Cc1ccc(N2C(=O)/C(=C\c3cccc(C(F)(F)F)c3)SC2=S)cc1C. The van der Waals surface area contributed by atoms with Crippen LogP contribution in [0.4, 0.5) is 18.9 Å². The molecule has 0 unspecified atom stereocenters. The Kier molecular flexibility index (Phi) is 4.94. The molecule has 1 heterocycles. The maximum Gasteiger partial charge on any atom is 0.416 e. The van der Waals surface area contributed by atoms with Crippen LogP contribution < -0.4 is 4.90 Å². The van der Waals surface area contributed by atoms with E-state index < -0.39 is 11.7 Å². The molecular formula is C19H14F3NOS2. The topological polar surface area (TPSA) is 20.3 Å². The molecule has 0 aromatic heterocycles. The molecule has 2 nitrogen and oxygen atoms in total. The minimum absolute atomic E-state index is 0.299. The summed E-state index contributed by atoms with van der Waals surface area (Å²) in [5.41, 5.74) is 2.33. The van der Waals surface area contributed by atoms with Gasteiger partial charge in [-0.3, -0.25) is 9.69 Å². The molecule has 0 radical (unpaired) electrons. The van der Waals surface area contributed by atoms with Gasteiger partial charge in [-0.2, -0.15) is 13.2 Å². The Labute approximate surface area is 158 Å². The molecular weight excluding hydrogens is 379 g/mol. The Bertz CT molecular complexity index is 935. The van der Waals surface area contributed by atoms with Gasteiger partial charge in [0.2, 0.25) is 0 Å². The van der Waals surface area contributed by atoms with Crippen molar-refractivity contribution in [3.8, 4) is 0 Å². The highest BCUT2D eigenvalue weighted by Crippen LogP contribution is 2.37.